The number of imidazole rings is 1. The van der Waals surface area contributed by atoms with Crippen molar-refractivity contribution >= 4 is 22.4 Å². The number of benzene rings is 3. The summed E-state index contributed by atoms with van der Waals surface area (Å²) in [5.41, 5.74) is 4.45. The van der Waals surface area contributed by atoms with Crippen LogP contribution in [0.2, 0.25) is 0 Å². The molecule has 0 saturated carbocycles. The molecule has 0 fully saturated rings. The number of carbonyl (C=O) groups excluding carboxylic acids is 1. The van der Waals surface area contributed by atoms with Gasteiger partial charge in [-0.05, 0) is 47.4 Å². The maximum absolute atomic E-state index is 13.0. The first-order valence-corrected chi connectivity index (χ1v) is 10.5. The predicted octanol–water partition coefficient (Wildman–Crippen LogP) is 5.70. The summed E-state index contributed by atoms with van der Waals surface area (Å²) >= 11 is 0. The Morgan fingerprint density at radius 2 is 1.90 bits per heavy atom. The molecule has 1 N–H and O–H groups in total. The van der Waals surface area contributed by atoms with Gasteiger partial charge in [0.05, 0.1) is 6.33 Å². The quantitative estimate of drug-likeness (QED) is 0.435. The number of H-pyrrole nitrogens is 1. The highest BCUT2D eigenvalue weighted by molar-refractivity contribution is 5.97. The SMILES string of the molecule is CCN(C(=O)CCc1ccccc1)c1ccc2cccc(C(C)c3cnc[nH]3)c2c1. The maximum Gasteiger partial charge on any atom is 0.227 e. The van der Waals surface area contributed by atoms with Crippen LogP contribution in [0.25, 0.3) is 10.8 Å². The zero-order valence-corrected chi connectivity index (χ0v) is 17.5. The van der Waals surface area contributed by atoms with E-state index >= 15 is 0 Å². The third-order valence-electron chi connectivity index (χ3n) is 5.75. The summed E-state index contributed by atoms with van der Waals surface area (Å²) < 4.78 is 0. The van der Waals surface area contributed by atoms with Crippen LogP contribution in [0.1, 0.15) is 43.0 Å². The second-order valence-electron chi connectivity index (χ2n) is 7.60. The van der Waals surface area contributed by atoms with Crippen LogP contribution in [0.4, 0.5) is 5.69 Å². The number of amides is 1. The lowest BCUT2D eigenvalue weighted by Crippen LogP contribution is -2.30. The fraction of sp³-hybridized carbons (Fsp3) is 0.231. The van der Waals surface area contributed by atoms with Crippen molar-refractivity contribution in [3.8, 4) is 0 Å². The average Bonchev–Trinajstić information content (AvgIpc) is 3.33. The minimum atomic E-state index is 0.153. The zero-order chi connectivity index (χ0) is 20.9. The molecule has 0 bridgehead atoms. The van der Waals surface area contributed by atoms with Crippen LogP contribution in [0.15, 0.2) is 79.3 Å². The van der Waals surface area contributed by atoms with Gasteiger partial charge in [0.25, 0.3) is 0 Å². The van der Waals surface area contributed by atoms with Crippen LogP contribution in [0, 0.1) is 0 Å². The summed E-state index contributed by atoms with van der Waals surface area (Å²) in [4.78, 5) is 22.3. The third-order valence-corrected chi connectivity index (χ3v) is 5.75. The molecule has 0 spiro atoms. The fourth-order valence-electron chi connectivity index (χ4n) is 4.04. The van der Waals surface area contributed by atoms with Crippen molar-refractivity contribution in [2.45, 2.75) is 32.6 Å². The third kappa shape index (κ3) is 4.13. The summed E-state index contributed by atoms with van der Waals surface area (Å²) in [6.07, 6.45) is 4.85. The van der Waals surface area contributed by atoms with Gasteiger partial charge >= 0.3 is 0 Å². The molecule has 1 amide bonds. The number of hydrogen-bond acceptors (Lipinski definition) is 2. The molecule has 0 radical (unpaired) electrons. The van der Waals surface area contributed by atoms with E-state index in [1.54, 1.807) is 6.33 Å². The lowest BCUT2D eigenvalue weighted by atomic mass is 9.92. The van der Waals surface area contributed by atoms with Crippen molar-refractivity contribution in [2.24, 2.45) is 0 Å². The van der Waals surface area contributed by atoms with Crippen LogP contribution >= 0.6 is 0 Å². The van der Waals surface area contributed by atoms with Gasteiger partial charge in [0.15, 0.2) is 0 Å². The molecular formula is C26H27N3O. The number of carbonyl (C=O) groups is 1. The van der Waals surface area contributed by atoms with Gasteiger partial charge in [0, 0.05) is 36.5 Å². The fourth-order valence-corrected chi connectivity index (χ4v) is 4.04. The highest BCUT2D eigenvalue weighted by atomic mass is 16.2. The molecule has 1 atom stereocenters. The second kappa shape index (κ2) is 8.95. The molecule has 1 unspecified atom stereocenters. The van der Waals surface area contributed by atoms with E-state index in [0.717, 1.165) is 17.8 Å². The van der Waals surface area contributed by atoms with Crippen molar-refractivity contribution in [3.63, 3.8) is 0 Å². The summed E-state index contributed by atoms with van der Waals surface area (Å²) in [6.45, 7) is 4.86. The smallest absolute Gasteiger partial charge is 0.227 e. The van der Waals surface area contributed by atoms with Gasteiger partial charge in [0.2, 0.25) is 5.91 Å². The van der Waals surface area contributed by atoms with E-state index in [1.165, 1.54) is 21.9 Å². The summed E-state index contributed by atoms with van der Waals surface area (Å²) in [5, 5.41) is 2.35. The Kier molecular flexibility index (Phi) is 5.94. The van der Waals surface area contributed by atoms with Crippen LogP contribution in [-0.4, -0.2) is 22.4 Å². The first-order valence-electron chi connectivity index (χ1n) is 10.5. The number of hydrogen-bond donors (Lipinski definition) is 1. The van der Waals surface area contributed by atoms with Gasteiger partial charge in [-0.2, -0.15) is 0 Å². The number of fused-ring (bicyclic) bond motifs is 1. The van der Waals surface area contributed by atoms with Crippen LogP contribution in [0.5, 0.6) is 0 Å². The highest BCUT2D eigenvalue weighted by Gasteiger charge is 2.17. The number of nitrogens with zero attached hydrogens (tertiary/aromatic N) is 2. The number of anilines is 1. The molecule has 3 aromatic carbocycles. The highest BCUT2D eigenvalue weighted by Crippen LogP contribution is 2.32. The molecule has 0 aliphatic rings. The molecule has 0 aliphatic carbocycles. The van der Waals surface area contributed by atoms with Gasteiger partial charge in [-0.3, -0.25) is 4.79 Å². The minimum Gasteiger partial charge on any atom is -0.348 e. The Morgan fingerprint density at radius 3 is 2.63 bits per heavy atom. The van der Waals surface area contributed by atoms with E-state index in [0.29, 0.717) is 13.0 Å². The van der Waals surface area contributed by atoms with E-state index in [9.17, 15) is 4.79 Å². The largest absolute Gasteiger partial charge is 0.348 e. The van der Waals surface area contributed by atoms with E-state index in [2.05, 4.69) is 65.4 Å². The monoisotopic (exact) mass is 397 g/mol. The average molecular weight is 398 g/mol. The van der Waals surface area contributed by atoms with Crippen molar-refractivity contribution in [3.05, 3.63) is 96.1 Å². The van der Waals surface area contributed by atoms with Crippen molar-refractivity contribution in [1.29, 1.82) is 0 Å². The molecule has 1 aromatic heterocycles. The molecule has 4 aromatic rings. The van der Waals surface area contributed by atoms with Gasteiger partial charge < -0.3 is 9.88 Å². The molecule has 30 heavy (non-hydrogen) atoms. The summed E-state index contributed by atoms with van der Waals surface area (Å²) in [6, 6.07) is 22.9. The van der Waals surface area contributed by atoms with E-state index in [4.69, 9.17) is 0 Å². The second-order valence-corrected chi connectivity index (χ2v) is 7.60. The number of aryl methyl sites for hydroxylation is 1. The van der Waals surface area contributed by atoms with Crippen molar-refractivity contribution < 1.29 is 4.79 Å². The zero-order valence-electron chi connectivity index (χ0n) is 17.5. The van der Waals surface area contributed by atoms with E-state index in [1.807, 2.05) is 36.2 Å². The molecule has 4 rings (SSSR count). The summed E-state index contributed by atoms with van der Waals surface area (Å²) in [7, 11) is 0. The van der Waals surface area contributed by atoms with Crippen molar-refractivity contribution in [2.75, 3.05) is 11.4 Å². The Labute approximate surface area is 177 Å². The first kappa shape index (κ1) is 19.9. The molecule has 0 saturated heterocycles. The van der Waals surface area contributed by atoms with E-state index in [-0.39, 0.29) is 11.8 Å². The van der Waals surface area contributed by atoms with E-state index < -0.39 is 0 Å². The van der Waals surface area contributed by atoms with Gasteiger partial charge in [0.1, 0.15) is 0 Å². The number of aromatic amines is 1. The predicted molar refractivity (Wildman–Crippen MR) is 123 cm³/mol. The molecular weight excluding hydrogens is 370 g/mol. The minimum absolute atomic E-state index is 0.153. The normalized spacial score (nSPS) is 12.1. The lowest BCUT2D eigenvalue weighted by molar-refractivity contribution is -0.118. The van der Waals surface area contributed by atoms with Crippen molar-refractivity contribution in [1.82, 2.24) is 9.97 Å². The standard InChI is InChI=1S/C26H27N3O/c1-3-29(26(30)15-12-20-8-5-4-6-9-20)22-14-13-21-10-7-11-23(24(21)16-22)19(2)25-17-27-18-28-25/h4-11,13-14,16-19H,3,12,15H2,1-2H3,(H,27,28). The number of rotatable bonds is 7. The van der Waals surface area contributed by atoms with Gasteiger partial charge in [-0.1, -0.05) is 61.5 Å². The molecule has 4 heteroatoms. The van der Waals surface area contributed by atoms with Gasteiger partial charge in [-0.25, -0.2) is 4.98 Å². The van der Waals surface area contributed by atoms with Gasteiger partial charge in [-0.15, -0.1) is 0 Å². The Bertz CT molecular complexity index is 1120. The van der Waals surface area contributed by atoms with Crippen LogP contribution in [0.3, 0.4) is 0 Å². The molecule has 4 nitrogen and oxygen atoms in total. The molecule has 1 heterocycles. The Hall–Kier alpha value is -3.40. The maximum atomic E-state index is 13.0. The number of aromatic nitrogens is 2. The first-order chi connectivity index (χ1) is 14.7. The van der Waals surface area contributed by atoms with Crippen LogP contribution in [-0.2, 0) is 11.2 Å². The lowest BCUT2D eigenvalue weighted by Gasteiger charge is -2.23. The number of nitrogens with one attached hydrogen (secondary N) is 1. The molecule has 0 aliphatic heterocycles. The summed E-state index contributed by atoms with van der Waals surface area (Å²) in [5.74, 6) is 0.343. The van der Waals surface area contributed by atoms with Crippen LogP contribution < -0.4 is 4.90 Å². The molecule has 152 valence electrons. The topological polar surface area (TPSA) is 49.0 Å². The Morgan fingerprint density at radius 1 is 1.07 bits per heavy atom. The Balaban J connectivity index is 1.62.